The number of hydrogen-bond acceptors (Lipinski definition) is 1. The second kappa shape index (κ2) is 8.20. The van der Waals surface area contributed by atoms with E-state index in [1.807, 2.05) is 38.1 Å². The average molecular weight is 360 g/mol. The van der Waals surface area contributed by atoms with Gasteiger partial charge in [-0.25, -0.2) is 8.78 Å². The lowest BCUT2D eigenvalue weighted by Gasteiger charge is -2.31. The molecule has 0 heterocycles. The SMILES string of the molecule is CCC(C)(C)c1ccc(C(CF)(CF)c2ccc(OC(C)C)cc2)cc1. The van der Waals surface area contributed by atoms with Crippen molar-refractivity contribution in [3.05, 3.63) is 65.2 Å². The molecule has 0 spiro atoms. The Balaban J connectivity index is 2.40. The Kier molecular flexibility index (Phi) is 6.44. The van der Waals surface area contributed by atoms with Crippen molar-refractivity contribution in [3.8, 4) is 5.75 Å². The highest BCUT2D eigenvalue weighted by atomic mass is 19.1. The van der Waals surface area contributed by atoms with Crippen LogP contribution in [0.3, 0.4) is 0 Å². The van der Waals surface area contributed by atoms with Crippen LogP contribution in [0.4, 0.5) is 8.78 Å². The second-order valence-corrected chi connectivity index (χ2v) is 7.86. The van der Waals surface area contributed by atoms with Crippen molar-refractivity contribution < 1.29 is 13.5 Å². The Morgan fingerprint density at radius 2 is 1.23 bits per heavy atom. The topological polar surface area (TPSA) is 9.23 Å². The maximum Gasteiger partial charge on any atom is 0.119 e. The zero-order valence-electron chi connectivity index (χ0n) is 16.5. The molecular formula is C23H30F2O. The van der Waals surface area contributed by atoms with Gasteiger partial charge in [-0.05, 0) is 54.5 Å². The van der Waals surface area contributed by atoms with Gasteiger partial charge >= 0.3 is 0 Å². The van der Waals surface area contributed by atoms with E-state index < -0.39 is 18.8 Å². The fraction of sp³-hybridized carbons (Fsp3) is 0.478. The van der Waals surface area contributed by atoms with Crippen LogP contribution in [-0.4, -0.2) is 19.5 Å². The van der Waals surface area contributed by atoms with Crippen molar-refractivity contribution in [2.75, 3.05) is 13.3 Å². The zero-order chi connectivity index (χ0) is 19.4. The van der Waals surface area contributed by atoms with E-state index in [0.29, 0.717) is 16.9 Å². The standard InChI is InChI=1S/C23H30F2O/c1-6-22(4,5)18-7-9-19(10-8-18)23(15-24,16-25)20-11-13-21(14-12-20)26-17(2)3/h7-14,17H,6,15-16H2,1-5H3. The largest absolute Gasteiger partial charge is 0.491 e. The molecule has 0 aliphatic rings. The average Bonchev–Trinajstić information content (AvgIpc) is 2.64. The molecule has 0 aliphatic heterocycles. The Bertz CT molecular complexity index is 683. The summed E-state index contributed by atoms with van der Waals surface area (Å²) in [6.45, 7) is 8.80. The molecule has 2 aromatic carbocycles. The summed E-state index contributed by atoms with van der Waals surface area (Å²) in [6, 6.07) is 14.8. The summed E-state index contributed by atoms with van der Waals surface area (Å²) >= 11 is 0. The molecule has 1 nitrogen and oxygen atoms in total. The molecule has 0 aliphatic carbocycles. The number of ether oxygens (including phenoxy) is 1. The Morgan fingerprint density at radius 1 is 0.808 bits per heavy atom. The van der Waals surface area contributed by atoms with E-state index in [0.717, 1.165) is 6.42 Å². The lowest BCUT2D eigenvalue weighted by Crippen LogP contribution is -2.33. The van der Waals surface area contributed by atoms with Crippen LogP contribution in [0.1, 0.15) is 57.7 Å². The smallest absolute Gasteiger partial charge is 0.119 e. The van der Waals surface area contributed by atoms with Crippen LogP contribution in [0.5, 0.6) is 5.75 Å². The van der Waals surface area contributed by atoms with Gasteiger partial charge < -0.3 is 4.74 Å². The third-order valence-corrected chi connectivity index (χ3v) is 5.34. The highest BCUT2D eigenvalue weighted by Crippen LogP contribution is 2.36. The van der Waals surface area contributed by atoms with Crippen LogP contribution in [0.2, 0.25) is 0 Å². The summed E-state index contributed by atoms with van der Waals surface area (Å²) in [6.07, 6.45) is 1.06. The molecule has 0 saturated carbocycles. The van der Waals surface area contributed by atoms with E-state index in [2.05, 4.69) is 20.8 Å². The highest BCUT2D eigenvalue weighted by molar-refractivity contribution is 5.43. The van der Waals surface area contributed by atoms with Gasteiger partial charge in [0.25, 0.3) is 0 Å². The molecule has 2 rings (SSSR count). The number of alkyl halides is 2. The molecule has 0 atom stereocenters. The summed E-state index contributed by atoms with van der Waals surface area (Å²) in [5, 5.41) is 0. The Morgan fingerprint density at radius 3 is 1.62 bits per heavy atom. The molecule has 0 unspecified atom stereocenters. The summed E-state index contributed by atoms with van der Waals surface area (Å²) in [5.41, 5.74) is 1.24. The predicted molar refractivity (Wildman–Crippen MR) is 105 cm³/mol. The summed E-state index contributed by atoms with van der Waals surface area (Å²) in [5.74, 6) is 0.704. The molecule has 0 radical (unpaired) electrons. The molecule has 26 heavy (non-hydrogen) atoms. The highest BCUT2D eigenvalue weighted by Gasteiger charge is 2.35. The second-order valence-electron chi connectivity index (χ2n) is 7.86. The third-order valence-electron chi connectivity index (χ3n) is 5.34. The summed E-state index contributed by atoms with van der Waals surface area (Å²) in [7, 11) is 0. The van der Waals surface area contributed by atoms with Crippen molar-refractivity contribution >= 4 is 0 Å². The summed E-state index contributed by atoms with van der Waals surface area (Å²) < 4.78 is 33.9. The van der Waals surface area contributed by atoms with Crippen molar-refractivity contribution in [2.45, 2.75) is 58.0 Å². The van der Waals surface area contributed by atoms with Crippen LogP contribution in [0.25, 0.3) is 0 Å². The summed E-state index contributed by atoms with van der Waals surface area (Å²) in [4.78, 5) is 0. The molecule has 0 N–H and O–H groups in total. The minimum atomic E-state index is -1.27. The maximum atomic E-state index is 14.1. The first kappa shape index (κ1) is 20.4. The first-order chi connectivity index (χ1) is 12.3. The van der Waals surface area contributed by atoms with E-state index in [1.165, 1.54) is 5.56 Å². The fourth-order valence-corrected chi connectivity index (χ4v) is 3.08. The van der Waals surface area contributed by atoms with Crippen molar-refractivity contribution in [1.82, 2.24) is 0 Å². The van der Waals surface area contributed by atoms with Crippen LogP contribution in [0, 0.1) is 0 Å². The fourth-order valence-electron chi connectivity index (χ4n) is 3.08. The quantitative estimate of drug-likeness (QED) is 0.530. The monoisotopic (exact) mass is 360 g/mol. The van der Waals surface area contributed by atoms with Crippen LogP contribution < -0.4 is 4.74 Å². The van der Waals surface area contributed by atoms with Gasteiger partial charge in [0.15, 0.2) is 0 Å². The van der Waals surface area contributed by atoms with Crippen molar-refractivity contribution in [1.29, 1.82) is 0 Å². The van der Waals surface area contributed by atoms with Crippen molar-refractivity contribution in [2.24, 2.45) is 0 Å². The molecule has 0 amide bonds. The number of rotatable bonds is 8. The minimum absolute atomic E-state index is 0.0441. The molecule has 0 bridgehead atoms. The lowest BCUT2D eigenvalue weighted by atomic mass is 9.75. The van der Waals surface area contributed by atoms with E-state index >= 15 is 0 Å². The maximum absolute atomic E-state index is 14.1. The van der Waals surface area contributed by atoms with E-state index in [-0.39, 0.29) is 11.5 Å². The Labute approximate surface area is 156 Å². The van der Waals surface area contributed by atoms with Gasteiger partial charge in [0.05, 0.1) is 11.5 Å². The molecule has 0 saturated heterocycles. The first-order valence-electron chi connectivity index (χ1n) is 9.29. The molecule has 2 aromatic rings. The van der Waals surface area contributed by atoms with E-state index in [1.54, 1.807) is 24.3 Å². The number of hydrogen-bond donors (Lipinski definition) is 0. The lowest BCUT2D eigenvalue weighted by molar-refractivity contribution is 0.241. The minimum Gasteiger partial charge on any atom is -0.491 e. The van der Waals surface area contributed by atoms with Gasteiger partial charge in [0.1, 0.15) is 19.1 Å². The van der Waals surface area contributed by atoms with Gasteiger partial charge in [-0.1, -0.05) is 57.2 Å². The third kappa shape index (κ3) is 4.08. The van der Waals surface area contributed by atoms with Crippen LogP contribution >= 0.6 is 0 Å². The van der Waals surface area contributed by atoms with Crippen LogP contribution in [0.15, 0.2) is 48.5 Å². The van der Waals surface area contributed by atoms with E-state index in [4.69, 9.17) is 4.74 Å². The predicted octanol–water partition coefficient (Wildman–Crippen LogP) is 6.39. The number of benzene rings is 2. The molecule has 3 heteroatoms. The molecular weight excluding hydrogens is 330 g/mol. The molecule has 142 valence electrons. The van der Waals surface area contributed by atoms with Crippen LogP contribution in [-0.2, 0) is 10.8 Å². The van der Waals surface area contributed by atoms with Gasteiger partial charge in [-0.3, -0.25) is 0 Å². The van der Waals surface area contributed by atoms with Gasteiger partial charge in [0, 0.05) is 0 Å². The number of halogens is 2. The van der Waals surface area contributed by atoms with Gasteiger partial charge in [-0.2, -0.15) is 0 Å². The molecule has 0 aromatic heterocycles. The Hall–Kier alpha value is -1.90. The van der Waals surface area contributed by atoms with Crippen molar-refractivity contribution in [3.63, 3.8) is 0 Å². The normalized spacial score (nSPS) is 12.5. The van der Waals surface area contributed by atoms with Gasteiger partial charge in [-0.15, -0.1) is 0 Å². The molecule has 0 fully saturated rings. The first-order valence-corrected chi connectivity index (χ1v) is 9.29. The van der Waals surface area contributed by atoms with Gasteiger partial charge in [0.2, 0.25) is 0 Å². The van der Waals surface area contributed by atoms with E-state index in [9.17, 15) is 8.78 Å². The zero-order valence-corrected chi connectivity index (χ0v) is 16.5.